The van der Waals surface area contributed by atoms with Gasteiger partial charge in [0.1, 0.15) is 0 Å². The first-order valence-electron chi connectivity index (χ1n) is 10.7. The molecule has 2 saturated heterocycles. The predicted molar refractivity (Wildman–Crippen MR) is 112 cm³/mol. The fourth-order valence-electron chi connectivity index (χ4n) is 4.44. The molecule has 0 spiro atoms. The predicted octanol–water partition coefficient (Wildman–Crippen LogP) is 2.60. The number of hydrogen-bond acceptors (Lipinski definition) is 5. The molecule has 2 fully saturated rings. The second-order valence-electron chi connectivity index (χ2n) is 8.75. The summed E-state index contributed by atoms with van der Waals surface area (Å²) in [5, 5.41) is 0. The SMILES string of the molecule is CC(C)N(C1CCN(C(=O)C2(N)CCOCC2)CC1)S(=O)(=O)c1cccc(C(F)(F)F)c1. The van der Waals surface area contributed by atoms with Crippen LogP contribution in [0.1, 0.15) is 45.1 Å². The Balaban J connectivity index is 1.77. The number of carbonyl (C=O) groups is 1. The summed E-state index contributed by atoms with van der Waals surface area (Å²) in [6.45, 7) is 4.92. The number of carbonyl (C=O) groups excluding carboxylic acids is 1. The van der Waals surface area contributed by atoms with Gasteiger partial charge in [0.25, 0.3) is 0 Å². The maximum absolute atomic E-state index is 13.3. The van der Waals surface area contributed by atoms with Crippen molar-refractivity contribution in [1.82, 2.24) is 9.21 Å². The van der Waals surface area contributed by atoms with E-state index < -0.39 is 39.4 Å². The molecule has 7 nitrogen and oxygen atoms in total. The monoisotopic (exact) mass is 477 g/mol. The Kier molecular flexibility index (Phi) is 7.23. The van der Waals surface area contributed by atoms with Crippen LogP contribution in [0.25, 0.3) is 0 Å². The Morgan fingerprint density at radius 1 is 1.22 bits per heavy atom. The van der Waals surface area contributed by atoms with Crippen molar-refractivity contribution in [3.63, 3.8) is 0 Å². The van der Waals surface area contributed by atoms with Crippen molar-refractivity contribution in [3.8, 4) is 0 Å². The maximum Gasteiger partial charge on any atom is 0.416 e. The van der Waals surface area contributed by atoms with Gasteiger partial charge in [0.2, 0.25) is 15.9 Å². The Bertz CT molecular complexity index is 922. The summed E-state index contributed by atoms with van der Waals surface area (Å²) in [6.07, 6.45) is -2.99. The van der Waals surface area contributed by atoms with Crippen molar-refractivity contribution in [2.24, 2.45) is 5.73 Å². The van der Waals surface area contributed by atoms with E-state index in [-0.39, 0.29) is 10.8 Å². The minimum Gasteiger partial charge on any atom is -0.381 e. The number of rotatable bonds is 5. The van der Waals surface area contributed by atoms with Crippen molar-refractivity contribution in [2.75, 3.05) is 26.3 Å². The summed E-state index contributed by atoms with van der Waals surface area (Å²) in [4.78, 5) is 14.2. The first-order chi connectivity index (χ1) is 14.9. The quantitative estimate of drug-likeness (QED) is 0.704. The highest BCUT2D eigenvalue weighted by Gasteiger charge is 2.42. The second-order valence-corrected chi connectivity index (χ2v) is 10.6. The fraction of sp³-hybridized carbons (Fsp3) is 0.667. The summed E-state index contributed by atoms with van der Waals surface area (Å²) < 4.78 is 72.5. The number of halogens is 3. The lowest BCUT2D eigenvalue weighted by Gasteiger charge is -2.43. The number of nitrogens with zero attached hydrogens (tertiary/aromatic N) is 2. The van der Waals surface area contributed by atoms with Crippen LogP contribution in [0.15, 0.2) is 29.2 Å². The molecule has 1 aromatic rings. The standard InChI is InChI=1S/C21H30F3N3O4S/c1-15(2)27(32(29,30)18-5-3-4-16(14-18)21(22,23)24)17-6-10-26(11-7-17)19(28)20(25)8-12-31-13-9-20/h3-5,14-15,17H,6-13,25H2,1-2H3. The van der Waals surface area contributed by atoms with E-state index in [1.54, 1.807) is 18.7 Å². The zero-order valence-corrected chi connectivity index (χ0v) is 19.1. The first kappa shape index (κ1) is 24.9. The minimum atomic E-state index is -4.64. The van der Waals surface area contributed by atoms with Gasteiger partial charge in [-0.1, -0.05) is 6.07 Å². The molecule has 11 heteroatoms. The first-order valence-corrected chi connectivity index (χ1v) is 12.2. The Morgan fingerprint density at radius 2 is 1.81 bits per heavy atom. The van der Waals surface area contributed by atoms with Crippen LogP contribution in [0.5, 0.6) is 0 Å². The molecule has 2 N–H and O–H groups in total. The second kappa shape index (κ2) is 9.28. The highest BCUT2D eigenvalue weighted by atomic mass is 32.2. The molecule has 2 aliphatic heterocycles. The Labute approximate surface area is 186 Å². The normalized spacial score (nSPS) is 20.7. The van der Waals surface area contributed by atoms with Gasteiger partial charge in [-0.05, 0) is 57.7 Å². The van der Waals surface area contributed by atoms with Gasteiger partial charge in [-0.2, -0.15) is 17.5 Å². The topological polar surface area (TPSA) is 92.9 Å². The van der Waals surface area contributed by atoms with Gasteiger partial charge in [0, 0.05) is 38.4 Å². The third kappa shape index (κ3) is 5.11. The van der Waals surface area contributed by atoms with Crippen LogP contribution in [0.3, 0.4) is 0 Å². The molecule has 2 heterocycles. The molecular weight excluding hydrogens is 447 g/mol. The van der Waals surface area contributed by atoms with Gasteiger partial charge in [-0.25, -0.2) is 8.42 Å². The average molecular weight is 478 g/mol. The van der Waals surface area contributed by atoms with E-state index in [4.69, 9.17) is 10.5 Å². The van der Waals surface area contributed by atoms with Crippen LogP contribution in [-0.4, -0.2) is 67.5 Å². The van der Waals surface area contributed by atoms with Crippen molar-refractivity contribution >= 4 is 15.9 Å². The van der Waals surface area contributed by atoms with Crippen molar-refractivity contribution in [2.45, 2.75) is 68.2 Å². The third-order valence-electron chi connectivity index (χ3n) is 6.17. The molecule has 1 amide bonds. The zero-order valence-electron chi connectivity index (χ0n) is 18.3. The van der Waals surface area contributed by atoms with Crippen LogP contribution in [0.4, 0.5) is 13.2 Å². The molecule has 32 heavy (non-hydrogen) atoms. The number of amides is 1. The van der Waals surface area contributed by atoms with E-state index in [2.05, 4.69) is 0 Å². The Morgan fingerprint density at radius 3 is 2.34 bits per heavy atom. The summed E-state index contributed by atoms with van der Waals surface area (Å²) in [5.41, 5.74) is 4.33. The largest absolute Gasteiger partial charge is 0.416 e. The summed E-state index contributed by atoms with van der Waals surface area (Å²) in [6, 6.07) is 2.92. The van der Waals surface area contributed by atoms with Crippen LogP contribution in [-0.2, 0) is 25.7 Å². The fourth-order valence-corrected chi connectivity index (χ4v) is 6.37. The molecule has 0 bridgehead atoms. The highest BCUT2D eigenvalue weighted by molar-refractivity contribution is 7.89. The lowest BCUT2D eigenvalue weighted by Crippen LogP contribution is -2.60. The van der Waals surface area contributed by atoms with Gasteiger partial charge < -0.3 is 15.4 Å². The number of nitrogens with two attached hydrogens (primary N) is 1. The summed E-state index contributed by atoms with van der Waals surface area (Å²) in [7, 11) is -4.16. The molecule has 0 unspecified atom stereocenters. The third-order valence-corrected chi connectivity index (χ3v) is 8.29. The van der Waals surface area contributed by atoms with Crippen LogP contribution in [0.2, 0.25) is 0 Å². The van der Waals surface area contributed by atoms with E-state index >= 15 is 0 Å². The molecule has 3 rings (SSSR count). The summed E-state index contributed by atoms with van der Waals surface area (Å²) >= 11 is 0. The van der Waals surface area contributed by atoms with E-state index in [0.717, 1.165) is 12.1 Å². The number of ether oxygens (including phenoxy) is 1. The van der Waals surface area contributed by atoms with Gasteiger partial charge in [-0.3, -0.25) is 4.79 Å². The van der Waals surface area contributed by atoms with Crippen molar-refractivity contribution in [3.05, 3.63) is 29.8 Å². The molecule has 0 aliphatic carbocycles. The number of benzene rings is 1. The van der Waals surface area contributed by atoms with Gasteiger partial charge in [0.15, 0.2) is 0 Å². The smallest absolute Gasteiger partial charge is 0.381 e. The van der Waals surface area contributed by atoms with Crippen LogP contribution >= 0.6 is 0 Å². The number of sulfonamides is 1. The van der Waals surface area contributed by atoms with Crippen LogP contribution in [0, 0.1) is 0 Å². The van der Waals surface area contributed by atoms with E-state index in [1.807, 2.05) is 0 Å². The number of piperidine rings is 1. The number of hydrogen-bond donors (Lipinski definition) is 1. The molecule has 0 aromatic heterocycles. The van der Waals surface area contributed by atoms with Gasteiger partial charge >= 0.3 is 6.18 Å². The van der Waals surface area contributed by atoms with E-state index in [1.165, 1.54) is 10.4 Å². The summed E-state index contributed by atoms with van der Waals surface area (Å²) in [5.74, 6) is -0.156. The highest BCUT2D eigenvalue weighted by Crippen LogP contribution is 2.33. The average Bonchev–Trinajstić information content (AvgIpc) is 2.73. The lowest BCUT2D eigenvalue weighted by atomic mass is 9.88. The Hall–Kier alpha value is -1.69. The molecular formula is C21H30F3N3O4S. The zero-order chi connectivity index (χ0) is 23.7. The van der Waals surface area contributed by atoms with Gasteiger partial charge in [-0.15, -0.1) is 0 Å². The van der Waals surface area contributed by atoms with Crippen LogP contribution < -0.4 is 5.73 Å². The van der Waals surface area contributed by atoms with E-state index in [9.17, 15) is 26.4 Å². The molecule has 2 aliphatic rings. The molecule has 0 atom stereocenters. The maximum atomic E-state index is 13.3. The van der Waals surface area contributed by atoms with Crippen molar-refractivity contribution in [1.29, 1.82) is 0 Å². The molecule has 1 aromatic carbocycles. The minimum absolute atomic E-state index is 0.156. The lowest BCUT2D eigenvalue weighted by molar-refractivity contribution is -0.142. The molecule has 180 valence electrons. The van der Waals surface area contributed by atoms with Gasteiger partial charge in [0.05, 0.1) is 16.0 Å². The number of likely N-dealkylation sites (tertiary alicyclic amines) is 1. The van der Waals surface area contributed by atoms with E-state index in [0.29, 0.717) is 58.1 Å². The molecule has 0 radical (unpaired) electrons. The molecule has 0 saturated carbocycles. The number of alkyl halides is 3. The van der Waals surface area contributed by atoms with Crippen molar-refractivity contribution < 1.29 is 31.1 Å².